The van der Waals surface area contributed by atoms with Gasteiger partial charge in [-0.05, 0) is 130 Å². The predicted octanol–water partition coefficient (Wildman–Crippen LogP) is 10.3. The first kappa shape index (κ1) is 27.1. The SMILES string of the molecule is CCCCCC1CCC(C2CCC(C3CCC(c4cc(F)c(CCCF)c(F)c4)CC3)CC2)CC1. The summed E-state index contributed by atoms with van der Waals surface area (Å²) in [7, 11) is 0. The third-order valence-corrected chi connectivity index (χ3v) is 10.2. The zero-order valence-electron chi connectivity index (χ0n) is 22.2. The van der Waals surface area contributed by atoms with Crippen molar-refractivity contribution < 1.29 is 13.2 Å². The van der Waals surface area contributed by atoms with E-state index in [1.165, 1.54) is 102 Å². The minimum Gasteiger partial charge on any atom is -0.251 e. The van der Waals surface area contributed by atoms with Gasteiger partial charge in [0.15, 0.2) is 0 Å². The van der Waals surface area contributed by atoms with Crippen molar-refractivity contribution in [2.75, 3.05) is 6.67 Å². The van der Waals surface area contributed by atoms with Crippen molar-refractivity contribution in [1.29, 1.82) is 0 Å². The van der Waals surface area contributed by atoms with Crippen LogP contribution in [0.4, 0.5) is 13.2 Å². The van der Waals surface area contributed by atoms with Crippen molar-refractivity contribution in [3.05, 3.63) is 34.9 Å². The molecule has 1 aromatic carbocycles. The van der Waals surface area contributed by atoms with E-state index >= 15 is 0 Å². The summed E-state index contributed by atoms with van der Waals surface area (Å²) in [6.45, 7) is 1.77. The molecule has 0 spiro atoms. The molecule has 0 bridgehead atoms. The molecule has 35 heavy (non-hydrogen) atoms. The Morgan fingerprint density at radius 2 is 1.14 bits per heavy atom. The molecule has 0 unspecified atom stereocenters. The minimum atomic E-state index is -0.535. The Morgan fingerprint density at radius 3 is 1.63 bits per heavy atom. The molecule has 0 saturated heterocycles. The molecule has 0 N–H and O–H groups in total. The van der Waals surface area contributed by atoms with Crippen LogP contribution in [0.1, 0.15) is 133 Å². The second-order valence-corrected chi connectivity index (χ2v) is 12.3. The van der Waals surface area contributed by atoms with Crippen LogP contribution >= 0.6 is 0 Å². The Kier molecular flexibility index (Phi) is 10.5. The highest BCUT2D eigenvalue weighted by Crippen LogP contribution is 2.47. The van der Waals surface area contributed by atoms with Crippen molar-refractivity contribution in [3.8, 4) is 0 Å². The van der Waals surface area contributed by atoms with Gasteiger partial charge in [0.25, 0.3) is 0 Å². The molecule has 0 aromatic heterocycles. The second kappa shape index (κ2) is 13.5. The molecule has 0 aliphatic heterocycles. The topological polar surface area (TPSA) is 0 Å². The highest BCUT2D eigenvalue weighted by Gasteiger charge is 2.35. The third kappa shape index (κ3) is 7.29. The first-order valence-corrected chi connectivity index (χ1v) is 15.1. The number of rotatable bonds is 10. The standard InChI is InChI=1S/C32H49F3/c1-2-3-4-6-23-8-10-24(11-9-23)25-12-14-26(15-13-25)27-16-18-28(19-17-27)29-21-31(34)30(7-5-20-33)32(35)22-29/h21-28H,2-20H2,1H3. The van der Waals surface area contributed by atoms with Crippen LogP contribution in [0.25, 0.3) is 0 Å². The molecule has 0 heterocycles. The van der Waals surface area contributed by atoms with Crippen LogP contribution in [0.15, 0.2) is 12.1 Å². The maximum Gasteiger partial charge on any atom is 0.129 e. The molecule has 3 saturated carbocycles. The lowest BCUT2D eigenvalue weighted by Crippen LogP contribution is -2.29. The van der Waals surface area contributed by atoms with E-state index in [1.54, 1.807) is 0 Å². The van der Waals surface area contributed by atoms with Crippen LogP contribution in [0.5, 0.6) is 0 Å². The summed E-state index contributed by atoms with van der Waals surface area (Å²) in [4.78, 5) is 0. The van der Waals surface area contributed by atoms with Crippen LogP contribution in [0.2, 0.25) is 0 Å². The fraction of sp³-hybridized carbons (Fsp3) is 0.812. The number of benzene rings is 1. The van der Waals surface area contributed by atoms with Gasteiger partial charge < -0.3 is 0 Å². The molecule has 198 valence electrons. The van der Waals surface area contributed by atoms with Gasteiger partial charge in [-0.1, -0.05) is 45.4 Å². The first-order chi connectivity index (χ1) is 17.1. The van der Waals surface area contributed by atoms with E-state index in [4.69, 9.17) is 0 Å². The number of hydrogen-bond acceptors (Lipinski definition) is 0. The van der Waals surface area contributed by atoms with E-state index in [2.05, 4.69) is 6.92 Å². The van der Waals surface area contributed by atoms with Crippen molar-refractivity contribution in [3.63, 3.8) is 0 Å². The lowest BCUT2D eigenvalue weighted by atomic mass is 9.64. The number of halogens is 3. The van der Waals surface area contributed by atoms with Gasteiger partial charge in [-0.25, -0.2) is 8.78 Å². The Hall–Kier alpha value is -0.990. The number of unbranched alkanes of at least 4 members (excludes halogenated alkanes) is 2. The van der Waals surface area contributed by atoms with Gasteiger partial charge in [-0.15, -0.1) is 0 Å². The van der Waals surface area contributed by atoms with Gasteiger partial charge >= 0.3 is 0 Å². The largest absolute Gasteiger partial charge is 0.251 e. The predicted molar refractivity (Wildman–Crippen MR) is 140 cm³/mol. The summed E-state index contributed by atoms with van der Waals surface area (Å²) < 4.78 is 41.4. The fourth-order valence-corrected chi connectivity index (χ4v) is 7.98. The molecule has 3 fully saturated rings. The van der Waals surface area contributed by atoms with Gasteiger partial charge in [-0.2, -0.15) is 0 Å². The van der Waals surface area contributed by atoms with Gasteiger partial charge in [0, 0.05) is 5.56 Å². The first-order valence-electron chi connectivity index (χ1n) is 15.1. The molecule has 0 radical (unpaired) electrons. The molecule has 0 atom stereocenters. The van der Waals surface area contributed by atoms with Crippen LogP contribution in [-0.2, 0) is 6.42 Å². The van der Waals surface area contributed by atoms with Gasteiger partial charge in [-0.3, -0.25) is 4.39 Å². The van der Waals surface area contributed by atoms with Crippen LogP contribution in [0.3, 0.4) is 0 Å². The van der Waals surface area contributed by atoms with E-state index < -0.39 is 18.3 Å². The summed E-state index contributed by atoms with van der Waals surface area (Å²) in [6, 6.07) is 3.07. The molecular weight excluding hydrogens is 441 g/mol. The van der Waals surface area contributed by atoms with E-state index in [1.807, 2.05) is 0 Å². The van der Waals surface area contributed by atoms with E-state index in [0.717, 1.165) is 48.0 Å². The highest BCUT2D eigenvalue weighted by atomic mass is 19.1. The van der Waals surface area contributed by atoms with Gasteiger partial charge in [0.1, 0.15) is 11.6 Å². The van der Waals surface area contributed by atoms with Crippen LogP contribution in [-0.4, -0.2) is 6.67 Å². The molecular formula is C32H49F3. The Bertz CT molecular complexity index is 727. The maximum absolute atomic E-state index is 14.5. The Balaban J connectivity index is 1.19. The summed E-state index contributed by atoms with van der Waals surface area (Å²) in [5, 5.41) is 0. The third-order valence-electron chi connectivity index (χ3n) is 10.2. The maximum atomic E-state index is 14.5. The van der Waals surface area contributed by atoms with Crippen LogP contribution < -0.4 is 0 Å². The second-order valence-electron chi connectivity index (χ2n) is 12.3. The lowest BCUT2D eigenvalue weighted by Gasteiger charge is -2.41. The van der Waals surface area contributed by atoms with E-state index in [0.29, 0.717) is 0 Å². The van der Waals surface area contributed by atoms with E-state index in [-0.39, 0.29) is 24.3 Å². The monoisotopic (exact) mass is 490 g/mol. The molecule has 0 nitrogen and oxygen atoms in total. The van der Waals surface area contributed by atoms with E-state index in [9.17, 15) is 13.2 Å². The average Bonchev–Trinajstić information content (AvgIpc) is 2.89. The zero-order valence-corrected chi connectivity index (χ0v) is 22.2. The van der Waals surface area contributed by atoms with Crippen molar-refractivity contribution in [1.82, 2.24) is 0 Å². The van der Waals surface area contributed by atoms with Crippen LogP contribution in [0, 0.1) is 41.2 Å². The lowest BCUT2D eigenvalue weighted by molar-refractivity contribution is 0.108. The number of hydrogen-bond donors (Lipinski definition) is 0. The molecule has 3 aliphatic rings. The van der Waals surface area contributed by atoms with Gasteiger partial charge in [0.05, 0.1) is 6.67 Å². The normalized spacial score (nSPS) is 32.0. The Morgan fingerprint density at radius 1 is 0.657 bits per heavy atom. The Labute approximate surface area is 212 Å². The molecule has 0 amide bonds. The van der Waals surface area contributed by atoms with Crippen molar-refractivity contribution >= 4 is 0 Å². The molecule has 4 rings (SSSR count). The highest BCUT2D eigenvalue weighted by molar-refractivity contribution is 5.29. The average molecular weight is 491 g/mol. The van der Waals surface area contributed by atoms with Crippen molar-refractivity contribution in [2.24, 2.45) is 29.6 Å². The quantitative estimate of drug-likeness (QED) is 0.286. The van der Waals surface area contributed by atoms with Crippen molar-refractivity contribution in [2.45, 2.75) is 128 Å². The number of alkyl halides is 1. The molecule has 1 aromatic rings. The molecule has 3 aliphatic carbocycles. The summed E-state index contributed by atoms with van der Waals surface area (Å²) in [5.74, 6) is 3.96. The van der Waals surface area contributed by atoms with Gasteiger partial charge in [0.2, 0.25) is 0 Å². The summed E-state index contributed by atoms with van der Waals surface area (Å²) in [6.07, 6.45) is 22.1. The summed E-state index contributed by atoms with van der Waals surface area (Å²) >= 11 is 0. The summed E-state index contributed by atoms with van der Waals surface area (Å²) in [5.41, 5.74) is 0.873. The minimum absolute atomic E-state index is 0.0572. The molecule has 3 heteroatoms. The smallest absolute Gasteiger partial charge is 0.129 e. The fourth-order valence-electron chi connectivity index (χ4n) is 7.98. The zero-order chi connectivity index (χ0) is 24.6.